The number of likely N-dealkylation sites (tertiary alicyclic amines) is 1. The van der Waals surface area contributed by atoms with Crippen molar-refractivity contribution in [3.05, 3.63) is 35.9 Å². The highest BCUT2D eigenvalue weighted by Gasteiger charge is 2.39. The third kappa shape index (κ3) is 12.0. The molecule has 0 aliphatic carbocycles. The number of aliphatic carboxylic acids is 1. The molecule has 1 aromatic rings. The van der Waals surface area contributed by atoms with Gasteiger partial charge in [0.05, 0.1) is 6.16 Å². The van der Waals surface area contributed by atoms with Gasteiger partial charge in [-0.3, -0.25) is 13.9 Å². The predicted molar refractivity (Wildman–Crippen MR) is 144 cm³/mol. The Bertz CT molecular complexity index is 914. The van der Waals surface area contributed by atoms with Crippen molar-refractivity contribution in [1.82, 2.24) is 10.2 Å². The maximum absolute atomic E-state index is 13.2. The van der Waals surface area contributed by atoms with Crippen molar-refractivity contribution in [3.8, 4) is 0 Å². The number of hydrogen-bond donors (Lipinski definition) is 3. The van der Waals surface area contributed by atoms with Gasteiger partial charge in [0.15, 0.2) is 0 Å². The minimum absolute atomic E-state index is 0.0416. The highest BCUT2D eigenvalue weighted by atomic mass is 31.2. The highest BCUT2D eigenvalue weighted by Crippen LogP contribution is 2.45. The van der Waals surface area contributed by atoms with Crippen LogP contribution in [0.2, 0.25) is 0 Å². The average molecular weight is 555 g/mol. The monoisotopic (exact) mass is 554 g/mol. The Morgan fingerprint density at radius 3 is 2.50 bits per heavy atom. The van der Waals surface area contributed by atoms with Gasteiger partial charge < -0.3 is 25.0 Å². The molecule has 214 valence electrons. The number of carbonyl (C=O) groups excluding carboxylic acids is 2. The number of carboxylic acid groups (broad SMARTS) is 1. The number of nitrogens with one attached hydrogen (secondary N) is 1. The second-order valence-corrected chi connectivity index (χ2v) is 11.7. The first-order valence-electron chi connectivity index (χ1n) is 13.7. The molecule has 1 aliphatic rings. The van der Waals surface area contributed by atoms with E-state index in [0.29, 0.717) is 38.6 Å². The molecular formula is C27H43N2O8P. The molecule has 10 nitrogen and oxygen atoms in total. The van der Waals surface area contributed by atoms with Crippen LogP contribution in [0.25, 0.3) is 0 Å². The zero-order chi connectivity index (χ0) is 27.8. The molecule has 1 fully saturated rings. The summed E-state index contributed by atoms with van der Waals surface area (Å²) >= 11 is 0. The van der Waals surface area contributed by atoms with Crippen molar-refractivity contribution in [2.45, 2.75) is 96.3 Å². The number of rotatable bonds is 18. The van der Waals surface area contributed by atoms with E-state index in [4.69, 9.17) is 9.26 Å². The Morgan fingerprint density at radius 1 is 1.08 bits per heavy atom. The van der Waals surface area contributed by atoms with E-state index in [0.717, 1.165) is 37.7 Å². The summed E-state index contributed by atoms with van der Waals surface area (Å²) in [5.74, 6) is -1.66. The molecule has 1 aromatic carbocycles. The van der Waals surface area contributed by atoms with Gasteiger partial charge in [0.25, 0.3) is 5.91 Å². The Morgan fingerprint density at radius 2 is 1.79 bits per heavy atom. The van der Waals surface area contributed by atoms with Crippen LogP contribution < -0.4 is 5.32 Å². The molecule has 2 rings (SSSR count). The molecule has 1 aliphatic heterocycles. The molecule has 0 aromatic heterocycles. The van der Waals surface area contributed by atoms with E-state index in [1.54, 1.807) is 0 Å². The fourth-order valence-corrected chi connectivity index (χ4v) is 5.78. The highest BCUT2D eigenvalue weighted by molar-refractivity contribution is 7.52. The van der Waals surface area contributed by atoms with Crippen LogP contribution in [-0.2, 0) is 30.0 Å². The lowest BCUT2D eigenvalue weighted by molar-refractivity contribution is -0.151. The fraction of sp³-hybridized carbons (Fsp3) is 0.667. The minimum atomic E-state index is -4.04. The van der Waals surface area contributed by atoms with Crippen molar-refractivity contribution in [3.63, 3.8) is 0 Å². The third-order valence-electron chi connectivity index (χ3n) is 6.56. The van der Waals surface area contributed by atoms with Gasteiger partial charge in [-0.25, -0.2) is 9.59 Å². The van der Waals surface area contributed by atoms with Crippen LogP contribution in [0.3, 0.4) is 0 Å². The average Bonchev–Trinajstić information content (AvgIpc) is 3.39. The molecular weight excluding hydrogens is 511 g/mol. The molecule has 11 heteroatoms. The minimum Gasteiger partial charge on any atom is -0.480 e. The van der Waals surface area contributed by atoms with E-state index >= 15 is 0 Å². The summed E-state index contributed by atoms with van der Waals surface area (Å²) in [5, 5.41) is 12.1. The normalized spacial score (nSPS) is 17.5. The fourth-order valence-electron chi connectivity index (χ4n) is 4.46. The topological polar surface area (TPSA) is 142 Å². The van der Waals surface area contributed by atoms with Gasteiger partial charge in [-0.05, 0) is 44.1 Å². The first-order valence-corrected chi connectivity index (χ1v) is 15.5. The number of ether oxygens (including phenoxy) is 1. The summed E-state index contributed by atoms with van der Waals surface area (Å²) in [5.41, 5.74) is 0.872. The van der Waals surface area contributed by atoms with E-state index < -0.39 is 37.7 Å². The summed E-state index contributed by atoms with van der Waals surface area (Å²) in [7, 11) is -4.04. The molecule has 3 N–H and O–H groups in total. The van der Waals surface area contributed by atoms with Crippen molar-refractivity contribution in [1.29, 1.82) is 0 Å². The van der Waals surface area contributed by atoms with Crippen molar-refractivity contribution in [2.24, 2.45) is 0 Å². The lowest BCUT2D eigenvalue weighted by Gasteiger charge is -2.28. The second kappa shape index (κ2) is 17.2. The van der Waals surface area contributed by atoms with E-state index in [1.165, 1.54) is 4.90 Å². The van der Waals surface area contributed by atoms with Gasteiger partial charge in [0, 0.05) is 13.1 Å². The summed E-state index contributed by atoms with van der Waals surface area (Å²) in [6, 6.07) is 8.34. The van der Waals surface area contributed by atoms with Crippen LogP contribution >= 0.6 is 7.60 Å². The number of alkyl carbamates (subject to hydrolysis) is 1. The molecule has 0 bridgehead atoms. The van der Waals surface area contributed by atoms with E-state index in [2.05, 4.69) is 12.2 Å². The van der Waals surface area contributed by atoms with Gasteiger partial charge in [-0.2, -0.15) is 0 Å². The number of benzene rings is 1. The Balaban J connectivity index is 1.84. The third-order valence-corrected chi connectivity index (χ3v) is 8.02. The van der Waals surface area contributed by atoms with Crippen molar-refractivity contribution in [2.75, 3.05) is 19.3 Å². The molecule has 0 radical (unpaired) electrons. The molecule has 0 saturated carbocycles. The summed E-state index contributed by atoms with van der Waals surface area (Å²) in [6.07, 6.45) is 5.78. The molecule has 1 saturated heterocycles. The summed E-state index contributed by atoms with van der Waals surface area (Å²) in [4.78, 5) is 48.4. The van der Waals surface area contributed by atoms with E-state index in [1.807, 2.05) is 30.3 Å². The van der Waals surface area contributed by atoms with Gasteiger partial charge >= 0.3 is 19.7 Å². The zero-order valence-corrected chi connectivity index (χ0v) is 23.3. The second-order valence-electron chi connectivity index (χ2n) is 9.74. The van der Waals surface area contributed by atoms with Crippen LogP contribution in [0.15, 0.2) is 30.3 Å². The number of carbonyl (C=O) groups is 3. The van der Waals surface area contributed by atoms with Crippen LogP contribution in [0.5, 0.6) is 0 Å². The van der Waals surface area contributed by atoms with Crippen LogP contribution in [0.4, 0.5) is 4.79 Å². The predicted octanol–water partition coefficient (Wildman–Crippen LogP) is 5.09. The number of amides is 2. The van der Waals surface area contributed by atoms with Crippen LogP contribution in [0, 0.1) is 0 Å². The number of nitrogens with zero attached hydrogens (tertiary/aromatic N) is 1. The molecule has 38 heavy (non-hydrogen) atoms. The molecule has 1 unspecified atom stereocenters. The summed E-state index contributed by atoms with van der Waals surface area (Å²) in [6.45, 7) is 2.85. The Kier molecular flexibility index (Phi) is 14.4. The lowest BCUT2D eigenvalue weighted by Crippen LogP contribution is -2.46. The smallest absolute Gasteiger partial charge is 0.407 e. The SMILES string of the molecule is CCCCCCCCP(=O)(O)O[C@@H](CCCCNC(=O)OCc1ccccc1)C(=O)N1CCC[C@H]1C(=O)O. The van der Waals surface area contributed by atoms with Crippen LogP contribution in [-0.4, -0.2) is 64.3 Å². The standard InChI is InChI=1S/C27H43N2O8P/c1-2-3-4-5-6-12-20-38(34,35)37-24(25(30)29-19-13-16-23(29)26(31)32)17-10-11-18-28-27(33)36-21-22-14-8-7-9-15-22/h7-9,14-15,23-24H,2-6,10-13,16-21H2,1H3,(H,28,33)(H,31,32)(H,34,35)/t23-,24-/m0/s1. The van der Waals surface area contributed by atoms with Gasteiger partial charge in [0.1, 0.15) is 18.8 Å². The van der Waals surface area contributed by atoms with Crippen molar-refractivity contribution < 1.29 is 38.2 Å². The first kappa shape index (κ1) is 31.8. The Hall–Kier alpha value is -2.42. The maximum Gasteiger partial charge on any atom is 0.407 e. The number of hydrogen-bond acceptors (Lipinski definition) is 6. The Labute approximate surface area is 225 Å². The van der Waals surface area contributed by atoms with Gasteiger partial charge in [-0.1, -0.05) is 69.4 Å². The maximum atomic E-state index is 13.2. The lowest BCUT2D eigenvalue weighted by atomic mass is 10.1. The quantitative estimate of drug-likeness (QED) is 0.168. The van der Waals surface area contributed by atoms with Crippen LogP contribution in [0.1, 0.15) is 83.1 Å². The van der Waals surface area contributed by atoms with Crippen molar-refractivity contribution >= 4 is 25.6 Å². The molecule has 2 amide bonds. The van der Waals surface area contributed by atoms with E-state index in [9.17, 15) is 28.9 Å². The number of unbranched alkanes of at least 4 members (excludes halogenated alkanes) is 6. The number of carboxylic acids is 1. The summed E-state index contributed by atoms with van der Waals surface area (Å²) < 4.78 is 23.5. The van der Waals surface area contributed by atoms with Gasteiger partial charge in [-0.15, -0.1) is 0 Å². The van der Waals surface area contributed by atoms with E-state index in [-0.39, 0.29) is 25.7 Å². The first-order chi connectivity index (χ1) is 18.2. The molecule has 0 spiro atoms. The molecule has 3 atom stereocenters. The van der Waals surface area contributed by atoms with Gasteiger partial charge in [0.2, 0.25) is 0 Å². The molecule has 1 heterocycles. The zero-order valence-electron chi connectivity index (χ0n) is 22.4. The largest absolute Gasteiger partial charge is 0.480 e.